The van der Waals surface area contributed by atoms with Crippen molar-refractivity contribution in [3.8, 4) is 5.75 Å². The van der Waals surface area contributed by atoms with Gasteiger partial charge in [0.1, 0.15) is 5.75 Å². The third-order valence-corrected chi connectivity index (χ3v) is 6.08. The fourth-order valence-electron chi connectivity index (χ4n) is 4.01. The molecule has 33 heavy (non-hydrogen) atoms. The molecule has 0 saturated heterocycles. The van der Waals surface area contributed by atoms with Crippen LogP contribution in [-0.4, -0.2) is 29.0 Å². The van der Waals surface area contributed by atoms with E-state index in [1.54, 1.807) is 7.11 Å². The summed E-state index contributed by atoms with van der Waals surface area (Å²) in [7, 11) is 1.69. The summed E-state index contributed by atoms with van der Waals surface area (Å²) < 4.78 is 7.59. The molecule has 3 aromatic rings. The van der Waals surface area contributed by atoms with Crippen LogP contribution in [0.4, 0.5) is 0 Å². The Kier molecular flexibility index (Phi) is 8.37. The van der Waals surface area contributed by atoms with Crippen LogP contribution in [0.15, 0.2) is 66.9 Å². The van der Waals surface area contributed by atoms with Gasteiger partial charge in [-0.05, 0) is 59.4 Å². The molecule has 1 heterocycles. The minimum Gasteiger partial charge on any atom is -0.497 e. The van der Waals surface area contributed by atoms with Crippen molar-refractivity contribution in [2.24, 2.45) is 0 Å². The van der Waals surface area contributed by atoms with E-state index in [9.17, 15) is 4.79 Å². The number of carbonyl (C=O) groups excluding carboxylic acids is 1. The zero-order valence-electron chi connectivity index (χ0n) is 20.8. The topological polar surface area (TPSA) is 34.5 Å². The molecule has 0 bridgehead atoms. The van der Waals surface area contributed by atoms with Crippen LogP contribution in [0.2, 0.25) is 0 Å². The van der Waals surface area contributed by atoms with E-state index in [4.69, 9.17) is 4.74 Å². The lowest BCUT2D eigenvalue weighted by Gasteiger charge is -2.25. The number of rotatable bonds is 10. The van der Waals surface area contributed by atoms with Crippen molar-refractivity contribution in [2.75, 3.05) is 13.7 Å². The number of nitrogens with zero attached hydrogens (tertiary/aromatic N) is 2. The Morgan fingerprint density at radius 3 is 2.42 bits per heavy atom. The monoisotopic (exact) mass is 446 g/mol. The van der Waals surface area contributed by atoms with Crippen molar-refractivity contribution in [1.82, 2.24) is 9.47 Å². The highest BCUT2D eigenvalue weighted by Gasteiger charge is 2.19. The Morgan fingerprint density at radius 1 is 1.00 bits per heavy atom. The van der Waals surface area contributed by atoms with Crippen LogP contribution in [-0.2, 0) is 18.5 Å². The summed E-state index contributed by atoms with van der Waals surface area (Å²) in [5.74, 6) is 0.956. The molecule has 0 fully saturated rings. The van der Waals surface area contributed by atoms with E-state index < -0.39 is 0 Å². The van der Waals surface area contributed by atoms with Crippen molar-refractivity contribution in [3.63, 3.8) is 0 Å². The normalized spacial score (nSPS) is 11.4. The van der Waals surface area contributed by atoms with Gasteiger partial charge < -0.3 is 14.2 Å². The van der Waals surface area contributed by atoms with E-state index in [0.29, 0.717) is 6.54 Å². The molecule has 4 nitrogen and oxygen atoms in total. The Balaban J connectivity index is 1.79. The molecule has 0 spiro atoms. The molecule has 0 aliphatic carbocycles. The Morgan fingerprint density at radius 2 is 1.76 bits per heavy atom. The van der Waals surface area contributed by atoms with Crippen LogP contribution in [0.1, 0.15) is 74.1 Å². The first-order valence-corrected chi connectivity index (χ1v) is 12.0. The molecule has 4 heteroatoms. The molecule has 0 N–H and O–H groups in total. The van der Waals surface area contributed by atoms with Crippen LogP contribution in [0, 0.1) is 0 Å². The van der Waals surface area contributed by atoms with Crippen LogP contribution >= 0.6 is 0 Å². The lowest BCUT2D eigenvalue weighted by Crippen LogP contribution is -2.32. The Labute approximate surface area is 199 Å². The zero-order valence-corrected chi connectivity index (χ0v) is 20.8. The largest absolute Gasteiger partial charge is 0.497 e. The number of unbranched alkanes of at least 4 members (excludes halogenated alkanes) is 2. The van der Waals surface area contributed by atoms with Gasteiger partial charge in [0.15, 0.2) is 0 Å². The average Bonchev–Trinajstić information content (AvgIpc) is 3.24. The van der Waals surface area contributed by atoms with Crippen molar-refractivity contribution in [3.05, 3.63) is 89.2 Å². The lowest BCUT2D eigenvalue weighted by molar-refractivity contribution is 0.0736. The maximum Gasteiger partial charge on any atom is 0.254 e. The highest BCUT2D eigenvalue weighted by molar-refractivity contribution is 5.94. The van der Waals surface area contributed by atoms with Gasteiger partial charge in [0, 0.05) is 30.5 Å². The van der Waals surface area contributed by atoms with Gasteiger partial charge in [-0.1, -0.05) is 64.8 Å². The minimum atomic E-state index is 0.0728. The molecule has 0 aliphatic heterocycles. The number of ether oxygens (including phenoxy) is 1. The predicted octanol–water partition coefficient (Wildman–Crippen LogP) is 6.68. The van der Waals surface area contributed by atoms with Gasteiger partial charge in [0.25, 0.3) is 5.91 Å². The molecule has 1 aromatic heterocycles. The Hall–Kier alpha value is -3.01. The van der Waals surface area contributed by atoms with Crippen molar-refractivity contribution >= 4 is 5.91 Å². The number of hydrogen-bond acceptors (Lipinski definition) is 2. The van der Waals surface area contributed by atoms with Crippen molar-refractivity contribution < 1.29 is 9.53 Å². The van der Waals surface area contributed by atoms with E-state index in [1.165, 1.54) is 11.1 Å². The summed E-state index contributed by atoms with van der Waals surface area (Å²) in [6.07, 6.45) is 5.35. The number of benzene rings is 2. The second-order valence-electron chi connectivity index (χ2n) is 9.74. The minimum absolute atomic E-state index is 0.0728. The molecule has 0 unspecified atom stereocenters. The van der Waals surface area contributed by atoms with Gasteiger partial charge >= 0.3 is 0 Å². The highest BCUT2D eigenvalue weighted by atomic mass is 16.5. The summed E-state index contributed by atoms with van der Waals surface area (Å²) in [6, 6.07) is 20.4. The molecule has 2 aromatic carbocycles. The Bertz CT molecular complexity index is 1030. The van der Waals surface area contributed by atoms with Gasteiger partial charge in [-0.25, -0.2) is 0 Å². The molecular weight excluding hydrogens is 408 g/mol. The molecule has 3 rings (SSSR count). The predicted molar refractivity (Wildman–Crippen MR) is 136 cm³/mol. The molecule has 0 radical (unpaired) electrons. The quantitative estimate of drug-likeness (QED) is 0.326. The number of amides is 1. The summed E-state index contributed by atoms with van der Waals surface area (Å²) >= 11 is 0. The summed E-state index contributed by atoms with van der Waals surface area (Å²) in [5.41, 5.74) is 4.38. The molecule has 0 atom stereocenters. The lowest BCUT2D eigenvalue weighted by atomic mass is 9.86. The SMILES string of the molecule is CCCCCN(Cc1cccn1Cc1cccc(OC)c1)C(=O)c1ccc(C(C)(C)C)cc1. The zero-order chi connectivity index (χ0) is 23.8. The fourth-order valence-corrected chi connectivity index (χ4v) is 4.01. The number of carbonyl (C=O) groups is 1. The van der Waals surface area contributed by atoms with Gasteiger partial charge in [-0.15, -0.1) is 0 Å². The van der Waals surface area contributed by atoms with Crippen LogP contribution < -0.4 is 4.74 Å². The van der Waals surface area contributed by atoms with E-state index in [0.717, 1.165) is 49.4 Å². The second-order valence-corrected chi connectivity index (χ2v) is 9.74. The molecule has 1 amide bonds. The first kappa shape index (κ1) is 24.6. The van der Waals surface area contributed by atoms with Crippen LogP contribution in [0.5, 0.6) is 5.75 Å². The number of aromatic nitrogens is 1. The highest BCUT2D eigenvalue weighted by Crippen LogP contribution is 2.23. The number of methoxy groups -OCH3 is 1. The third-order valence-electron chi connectivity index (χ3n) is 6.08. The van der Waals surface area contributed by atoms with Crippen LogP contribution in [0.25, 0.3) is 0 Å². The van der Waals surface area contributed by atoms with E-state index in [2.05, 4.69) is 74.9 Å². The first-order chi connectivity index (χ1) is 15.8. The van der Waals surface area contributed by atoms with Gasteiger partial charge in [-0.2, -0.15) is 0 Å². The third kappa shape index (κ3) is 6.74. The summed E-state index contributed by atoms with van der Waals surface area (Å²) in [5, 5.41) is 0. The van der Waals surface area contributed by atoms with E-state index >= 15 is 0 Å². The van der Waals surface area contributed by atoms with E-state index in [1.807, 2.05) is 29.2 Å². The molecule has 0 aliphatic rings. The van der Waals surface area contributed by atoms with Crippen molar-refractivity contribution in [2.45, 2.75) is 65.5 Å². The standard InChI is InChI=1S/C29H38N2O2/c1-6-7-8-18-31(28(32)24-14-16-25(17-15-24)29(2,3)4)22-26-12-10-19-30(26)21-23-11-9-13-27(20-23)33-5/h9-17,19-20H,6-8,18,21-22H2,1-5H3. The summed E-state index contributed by atoms with van der Waals surface area (Å²) in [6.45, 7) is 10.9. The van der Waals surface area contributed by atoms with Gasteiger partial charge in [0.05, 0.1) is 13.7 Å². The van der Waals surface area contributed by atoms with Gasteiger partial charge in [0.2, 0.25) is 0 Å². The second kappa shape index (κ2) is 11.2. The van der Waals surface area contributed by atoms with Crippen LogP contribution in [0.3, 0.4) is 0 Å². The maximum absolute atomic E-state index is 13.5. The molecule has 176 valence electrons. The van der Waals surface area contributed by atoms with Gasteiger partial charge in [-0.3, -0.25) is 4.79 Å². The smallest absolute Gasteiger partial charge is 0.254 e. The molecular formula is C29H38N2O2. The average molecular weight is 447 g/mol. The first-order valence-electron chi connectivity index (χ1n) is 12.0. The maximum atomic E-state index is 13.5. The fraction of sp³-hybridized carbons (Fsp3) is 0.414. The number of hydrogen-bond donors (Lipinski definition) is 0. The summed E-state index contributed by atoms with van der Waals surface area (Å²) in [4.78, 5) is 15.5. The van der Waals surface area contributed by atoms with E-state index in [-0.39, 0.29) is 11.3 Å². The van der Waals surface area contributed by atoms with Crippen molar-refractivity contribution in [1.29, 1.82) is 0 Å². The molecule has 0 saturated carbocycles.